The predicted octanol–water partition coefficient (Wildman–Crippen LogP) is 4.21. The van der Waals surface area contributed by atoms with E-state index in [1.165, 1.54) is 18.2 Å². The number of nitrogens with one attached hydrogen (secondary N) is 1. The molecule has 0 bridgehead atoms. The highest BCUT2D eigenvalue weighted by atomic mass is 19.1. The Kier molecular flexibility index (Phi) is 5.28. The number of benzene rings is 2. The smallest absolute Gasteiger partial charge is 0.130 e. The molecule has 0 aliphatic rings. The molecule has 0 amide bonds. The van der Waals surface area contributed by atoms with E-state index in [-0.39, 0.29) is 5.56 Å². The van der Waals surface area contributed by atoms with Crippen molar-refractivity contribution in [3.8, 4) is 5.75 Å². The van der Waals surface area contributed by atoms with Crippen LogP contribution in [-0.2, 0) is 6.54 Å². The Labute approximate surface area is 123 Å². The molecule has 0 saturated heterocycles. The van der Waals surface area contributed by atoms with Gasteiger partial charge in [0, 0.05) is 18.2 Å². The van der Waals surface area contributed by atoms with Crippen LogP contribution in [0.1, 0.15) is 31.0 Å². The number of hydrogen-bond donors (Lipinski definition) is 1. The maximum absolute atomic E-state index is 13.7. The second kappa shape index (κ2) is 7.18. The standard InChI is InChI=1S/C17H19F2NO/c1-3-21-14-9-7-13(8-10-14)11-20-12(2)17-15(18)5-4-6-16(17)19/h4-10,12,20H,3,11H2,1-2H3. The summed E-state index contributed by atoms with van der Waals surface area (Å²) in [6, 6.07) is 11.1. The minimum Gasteiger partial charge on any atom is -0.494 e. The molecule has 1 N–H and O–H groups in total. The Morgan fingerprint density at radius 1 is 1.05 bits per heavy atom. The van der Waals surface area contributed by atoms with Gasteiger partial charge in [0.05, 0.1) is 6.61 Å². The van der Waals surface area contributed by atoms with Crippen LogP contribution >= 0.6 is 0 Å². The summed E-state index contributed by atoms with van der Waals surface area (Å²) in [7, 11) is 0. The largest absolute Gasteiger partial charge is 0.494 e. The summed E-state index contributed by atoms with van der Waals surface area (Å²) in [5.41, 5.74) is 1.10. The first-order valence-corrected chi connectivity index (χ1v) is 7.01. The fourth-order valence-corrected chi connectivity index (χ4v) is 2.17. The fourth-order valence-electron chi connectivity index (χ4n) is 2.17. The SMILES string of the molecule is CCOc1ccc(CNC(C)c2c(F)cccc2F)cc1. The van der Waals surface area contributed by atoms with E-state index in [0.29, 0.717) is 13.2 Å². The van der Waals surface area contributed by atoms with E-state index in [0.717, 1.165) is 11.3 Å². The van der Waals surface area contributed by atoms with Crippen LogP contribution in [0.4, 0.5) is 8.78 Å². The number of ether oxygens (including phenoxy) is 1. The van der Waals surface area contributed by atoms with Crippen molar-refractivity contribution < 1.29 is 13.5 Å². The molecule has 2 aromatic carbocycles. The number of halogens is 2. The molecule has 1 atom stereocenters. The van der Waals surface area contributed by atoms with Crippen LogP contribution in [0.25, 0.3) is 0 Å². The molecular formula is C17H19F2NO. The number of hydrogen-bond acceptors (Lipinski definition) is 2. The highest BCUT2D eigenvalue weighted by molar-refractivity contribution is 5.28. The molecule has 0 spiro atoms. The summed E-state index contributed by atoms with van der Waals surface area (Å²) in [6.07, 6.45) is 0. The lowest BCUT2D eigenvalue weighted by Gasteiger charge is -2.16. The van der Waals surface area contributed by atoms with Gasteiger partial charge < -0.3 is 10.1 Å². The molecule has 1 unspecified atom stereocenters. The molecule has 21 heavy (non-hydrogen) atoms. The van der Waals surface area contributed by atoms with Crippen LogP contribution < -0.4 is 10.1 Å². The van der Waals surface area contributed by atoms with Crippen LogP contribution in [0.2, 0.25) is 0 Å². The minimum absolute atomic E-state index is 0.0726. The minimum atomic E-state index is -0.526. The third-order valence-corrected chi connectivity index (χ3v) is 3.28. The van der Waals surface area contributed by atoms with Crippen LogP contribution in [0, 0.1) is 11.6 Å². The summed E-state index contributed by atoms with van der Waals surface area (Å²) in [5.74, 6) is -0.238. The predicted molar refractivity (Wildman–Crippen MR) is 79.2 cm³/mol. The van der Waals surface area contributed by atoms with E-state index < -0.39 is 17.7 Å². The van der Waals surface area contributed by atoms with E-state index in [4.69, 9.17) is 4.74 Å². The zero-order chi connectivity index (χ0) is 15.2. The van der Waals surface area contributed by atoms with E-state index >= 15 is 0 Å². The lowest BCUT2D eigenvalue weighted by molar-refractivity contribution is 0.340. The van der Waals surface area contributed by atoms with Gasteiger partial charge in [0.2, 0.25) is 0 Å². The maximum Gasteiger partial charge on any atom is 0.130 e. The molecular weight excluding hydrogens is 272 g/mol. The molecule has 0 aliphatic carbocycles. The van der Waals surface area contributed by atoms with Crippen molar-refractivity contribution in [1.82, 2.24) is 5.32 Å². The van der Waals surface area contributed by atoms with Gasteiger partial charge >= 0.3 is 0 Å². The molecule has 0 saturated carbocycles. The van der Waals surface area contributed by atoms with Gasteiger partial charge in [-0.1, -0.05) is 18.2 Å². The van der Waals surface area contributed by atoms with Crippen molar-refractivity contribution in [2.24, 2.45) is 0 Å². The zero-order valence-electron chi connectivity index (χ0n) is 12.2. The molecule has 0 aliphatic heterocycles. The first-order valence-electron chi connectivity index (χ1n) is 7.01. The summed E-state index contributed by atoms with van der Waals surface area (Å²) >= 11 is 0. The third kappa shape index (κ3) is 4.02. The monoisotopic (exact) mass is 291 g/mol. The first kappa shape index (κ1) is 15.4. The lowest BCUT2D eigenvalue weighted by atomic mass is 10.1. The second-order valence-corrected chi connectivity index (χ2v) is 4.81. The van der Waals surface area contributed by atoms with Gasteiger partial charge in [0.15, 0.2) is 0 Å². The van der Waals surface area contributed by atoms with Crippen LogP contribution in [-0.4, -0.2) is 6.61 Å². The Hall–Kier alpha value is -1.94. The second-order valence-electron chi connectivity index (χ2n) is 4.81. The van der Waals surface area contributed by atoms with Crippen molar-refractivity contribution in [2.75, 3.05) is 6.61 Å². The van der Waals surface area contributed by atoms with E-state index in [1.54, 1.807) is 6.92 Å². The van der Waals surface area contributed by atoms with Gasteiger partial charge in [-0.05, 0) is 43.7 Å². The van der Waals surface area contributed by atoms with Crippen molar-refractivity contribution in [3.05, 3.63) is 65.2 Å². The van der Waals surface area contributed by atoms with Gasteiger partial charge in [-0.15, -0.1) is 0 Å². The Morgan fingerprint density at radius 3 is 2.24 bits per heavy atom. The normalized spacial score (nSPS) is 12.2. The summed E-state index contributed by atoms with van der Waals surface area (Å²) in [5, 5.41) is 3.13. The lowest BCUT2D eigenvalue weighted by Crippen LogP contribution is -2.20. The van der Waals surface area contributed by atoms with Gasteiger partial charge in [0.25, 0.3) is 0 Å². The molecule has 2 aromatic rings. The van der Waals surface area contributed by atoms with Crippen molar-refractivity contribution in [3.63, 3.8) is 0 Å². The number of rotatable bonds is 6. The maximum atomic E-state index is 13.7. The van der Waals surface area contributed by atoms with E-state index in [2.05, 4.69) is 5.32 Å². The van der Waals surface area contributed by atoms with Crippen molar-refractivity contribution in [2.45, 2.75) is 26.4 Å². The Balaban J connectivity index is 1.99. The third-order valence-electron chi connectivity index (χ3n) is 3.28. The first-order chi connectivity index (χ1) is 10.1. The highest BCUT2D eigenvalue weighted by Crippen LogP contribution is 2.21. The average molecular weight is 291 g/mol. The molecule has 0 heterocycles. The van der Waals surface area contributed by atoms with Crippen LogP contribution in [0.15, 0.2) is 42.5 Å². The fraction of sp³-hybridized carbons (Fsp3) is 0.294. The summed E-state index contributed by atoms with van der Waals surface area (Å²) < 4.78 is 32.7. The summed E-state index contributed by atoms with van der Waals surface area (Å²) in [4.78, 5) is 0. The molecule has 4 heteroatoms. The molecule has 2 nitrogen and oxygen atoms in total. The molecule has 0 fully saturated rings. The van der Waals surface area contributed by atoms with Gasteiger partial charge in [0.1, 0.15) is 17.4 Å². The average Bonchev–Trinajstić information content (AvgIpc) is 2.47. The zero-order valence-corrected chi connectivity index (χ0v) is 12.2. The topological polar surface area (TPSA) is 21.3 Å². The van der Waals surface area contributed by atoms with E-state index in [1.807, 2.05) is 31.2 Å². The van der Waals surface area contributed by atoms with Gasteiger partial charge in [-0.3, -0.25) is 0 Å². The summed E-state index contributed by atoms with van der Waals surface area (Å²) in [6.45, 7) is 4.83. The van der Waals surface area contributed by atoms with Crippen LogP contribution in [0.5, 0.6) is 5.75 Å². The Bertz CT molecular complexity index is 564. The van der Waals surface area contributed by atoms with Gasteiger partial charge in [-0.25, -0.2) is 8.78 Å². The quantitative estimate of drug-likeness (QED) is 0.860. The molecule has 2 rings (SSSR count). The molecule has 0 radical (unpaired) electrons. The van der Waals surface area contributed by atoms with Crippen molar-refractivity contribution in [1.29, 1.82) is 0 Å². The van der Waals surface area contributed by atoms with Crippen LogP contribution in [0.3, 0.4) is 0 Å². The highest BCUT2D eigenvalue weighted by Gasteiger charge is 2.15. The Morgan fingerprint density at radius 2 is 1.67 bits per heavy atom. The van der Waals surface area contributed by atoms with Gasteiger partial charge in [-0.2, -0.15) is 0 Å². The van der Waals surface area contributed by atoms with E-state index in [9.17, 15) is 8.78 Å². The van der Waals surface area contributed by atoms with Crippen molar-refractivity contribution >= 4 is 0 Å². The molecule has 0 aromatic heterocycles. The molecule has 112 valence electrons.